The fourth-order valence-corrected chi connectivity index (χ4v) is 1.84. The van der Waals surface area contributed by atoms with Crippen LogP contribution in [0, 0.1) is 13.8 Å². The maximum atomic E-state index is 5.04. The number of benzene rings is 1. The monoisotopic (exact) mass is 204 g/mol. The van der Waals surface area contributed by atoms with Crippen molar-refractivity contribution in [3.63, 3.8) is 0 Å². The molecule has 0 saturated heterocycles. The van der Waals surface area contributed by atoms with E-state index in [1.807, 2.05) is 0 Å². The van der Waals surface area contributed by atoms with Crippen LogP contribution in [0.25, 0.3) is 11.0 Å². The van der Waals surface area contributed by atoms with Crippen molar-refractivity contribution in [2.24, 2.45) is 0 Å². The molecular formula is C12H16N2O. The zero-order valence-electron chi connectivity index (χ0n) is 9.42. The molecule has 0 bridgehead atoms. The number of fused-ring (bicyclic) bond motifs is 1. The Labute approximate surface area is 89.5 Å². The molecular weight excluding hydrogens is 188 g/mol. The van der Waals surface area contributed by atoms with Crippen molar-refractivity contribution in [3.05, 3.63) is 29.1 Å². The van der Waals surface area contributed by atoms with Gasteiger partial charge in [-0.05, 0) is 31.0 Å². The molecule has 80 valence electrons. The molecule has 0 aliphatic rings. The smallest absolute Gasteiger partial charge is 0.109 e. The minimum atomic E-state index is 0.706. The van der Waals surface area contributed by atoms with Gasteiger partial charge in [0, 0.05) is 13.5 Å². The summed E-state index contributed by atoms with van der Waals surface area (Å²) in [4.78, 5) is 7.88. The molecule has 1 aromatic carbocycles. The predicted molar refractivity (Wildman–Crippen MR) is 61.1 cm³/mol. The first-order valence-electron chi connectivity index (χ1n) is 5.15. The van der Waals surface area contributed by atoms with Crippen LogP contribution < -0.4 is 0 Å². The van der Waals surface area contributed by atoms with Crippen molar-refractivity contribution in [2.75, 3.05) is 13.7 Å². The van der Waals surface area contributed by atoms with Crippen LogP contribution in [0.5, 0.6) is 0 Å². The number of methoxy groups -OCH3 is 1. The average molecular weight is 204 g/mol. The van der Waals surface area contributed by atoms with Crippen LogP contribution in [0.2, 0.25) is 0 Å². The number of aromatic amines is 1. The van der Waals surface area contributed by atoms with Gasteiger partial charge in [0.1, 0.15) is 5.82 Å². The van der Waals surface area contributed by atoms with Gasteiger partial charge in [0.05, 0.1) is 17.6 Å². The van der Waals surface area contributed by atoms with Crippen molar-refractivity contribution in [1.82, 2.24) is 9.97 Å². The fraction of sp³-hybridized carbons (Fsp3) is 0.417. The minimum absolute atomic E-state index is 0.706. The van der Waals surface area contributed by atoms with Crippen molar-refractivity contribution < 1.29 is 4.74 Å². The first kappa shape index (κ1) is 10.2. The second kappa shape index (κ2) is 4.03. The number of hydrogen-bond acceptors (Lipinski definition) is 2. The van der Waals surface area contributed by atoms with Crippen LogP contribution in [-0.4, -0.2) is 23.7 Å². The van der Waals surface area contributed by atoms with E-state index in [2.05, 4.69) is 35.9 Å². The number of H-pyrrole nitrogens is 1. The summed E-state index contributed by atoms with van der Waals surface area (Å²) in [7, 11) is 1.71. The number of nitrogens with one attached hydrogen (secondary N) is 1. The highest BCUT2D eigenvalue weighted by Gasteiger charge is 2.05. The highest BCUT2D eigenvalue weighted by molar-refractivity contribution is 5.79. The number of nitrogens with zero attached hydrogens (tertiary/aromatic N) is 1. The first-order chi connectivity index (χ1) is 7.20. The second-order valence-electron chi connectivity index (χ2n) is 3.90. The summed E-state index contributed by atoms with van der Waals surface area (Å²) in [6, 6.07) is 4.29. The van der Waals surface area contributed by atoms with Gasteiger partial charge in [0.15, 0.2) is 0 Å². The molecule has 1 heterocycles. The van der Waals surface area contributed by atoms with E-state index in [0.29, 0.717) is 6.61 Å². The molecule has 1 aromatic heterocycles. The van der Waals surface area contributed by atoms with Crippen LogP contribution >= 0.6 is 0 Å². The van der Waals surface area contributed by atoms with E-state index in [1.54, 1.807) is 7.11 Å². The number of aromatic nitrogens is 2. The molecule has 0 saturated carbocycles. The second-order valence-corrected chi connectivity index (χ2v) is 3.90. The molecule has 1 N–H and O–H groups in total. The first-order valence-corrected chi connectivity index (χ1v) is 5.15. The summed E-state index contributed by atoms with van der Waals surface area (Å²) in [5.74, 6) is 1.00. The van der Waals surface area contributed by atoms with E-state index < -0.39 is 0 Å². The lowest BCUT2D eigenvalue weighted by Gasteiger charge is -1.96. The summed E-state index contributed by atoms with van der Waals surface area (Å²) in [6.07, 6.45) is 0.837. The van der Waals surface area contributed by atoms with Gasteiger partial charge < -0.3 is 9.72 Å². The van der Waals surface area contributed by atoms with Gasteiger partial charge >= 0.3 is 0 Å². The van der Waals surface area contributed by atoms with Crippen LogP contribution in [-0.2, 0) is 11.2 Å². The summed E-state index contributed by atoms with van der Waals surface area (Å²) in [6.45, 7) is 4.90. The summed E-state index contributed by atoms with van der Waals surface area (Å²) >= 11 is 0. The third kappa shape index (κ3) is 2.02. The van der Waals surface area contributed by atoms with E-state index in [1.165, 1.54) is 11.1 Å². The van der Waals surface area contributed by atoms with E-state index in [9.17, 15) is 0 Å². The largest absolute Gasteiger partial charge is 0.384 e. The highest BCUT2D eigenvalue weighted by Crippen LogP contribution is 2.18. The molecule has 0 amide bonds. The molecule has 15 heavy (non-hydrogen) atoms. The standard InChI is InChI=1S/C12H16N2O/c1-8-6-9(2)12-10(7-8)13-11(14-12)4-5-15-3/h6-7H,4-5H2,1-3H3,(H,13,14). The van der Waals surface area contributed by atoms with Crippen molar-refractivity contribution >= 4 is 11.0 Å². The lowest BCUT2D eigenvalue weighted by molar-refractivity contribution is 0.201. The number of hydrogen-bond donors (Lipinski definition) is 1. The van der Waals surface area contributed by atoms with Crippen molar-refractivity contribution in [3.8, 4) is 0 Å². The van der Waals surface area contributed by atoms with E-state index in [0.717, 1.165) is 23.3 Å². The highest BCUT2D eigenvalue weighted by atomic mass is 16.5. The Balaban J connectivity index is 2.41. The Hall–Kier alpha value is -1.35. The molecule has 3 nitrogen and oxygen atoms in total. The fourth-order valence-electron chi connectivity index (χ4n) is 1.84. The van der Waals surface area contributed by atoms with Crippen LogP contribution in [0.4, 0.5) is 0 Å². The Bertz CT molecular complexity index is 474. The summed E-state index contributed by atoms with van der Waals surface area (Å²) in [5.41, 5.74) is 4.69. The Morgan fingerprint density at radius 3 is 2.87 bits per heavy atom. The minimum Gasteiger partial charge on any atom is -0.384 e. The lowest BCUT2D eigenvalue weighted by Crippen LogP contribution is -1.95. The van der Waals surface area contributed by atoms with E-state index in [-0.39, 0.29) is 0 Å². The van der Waals surface area contributed by atoms with Gasteiger partial charge in [0.2, 0.25) is 0 Å². The Kier molecular flexibility index (Phi) is 2.73. The van der Waals surface area contributed by atoms with Crippen LogP contribution in [0.3, 0.4) is 0 Å². The third-order valence-corrected chi connectivity index (χ3v) is 2.51. The average Bonchev–Trinajstić information content (AvgIpc) is 2.57. The van der Waals surface area contributed by atoms with Crippen molar-refractivity contribution in [1.29, 1.82) is 0 Å². The number of imidazole rings is 1. The number of ether oxygens (including phenoxy) is 1. The van der Waals surface area contributed by atoms with Gasteiger partial charge in [-0.1, -0.05) is 6.07 Å². The summed E-state index contributed by atoms with van der Waals surface area (Å²) < 4.78 is 5.04. The molecule has 0 atom stereocenters. The van der Waals surface area contributed by atoms with Gasteiger partial charge in [0.25, 0.3) is 0 Å². The molecule has 2 rings (SSSR count). The Morgan fingerprint density at radius 2 is 2.13 bits per heavy atom. The Morgan fingerprint density at radius 1 is 1.33 bits per heavy atom. The van der Waals surface area contributed by atoms with Gasteiger partial charge in [-0.2, -0.15) is 0 Å². The zero-order valence-corrected chi connectivity index (χ0v) is 9.42. The molecule has 0 unspecified atom stereocenters. The number of rotatable bonds is 3. The van der Waals surface area contributed by atoms with E-state index >= 15 is 0 Å². The quantitative estimate of drug-likeness (QED) is 0.833. The van der Waals surface area contributed by atoms with Crippen LogP contribution in [0.1, 0.15) is 17.0 Å². The topological polar surface area (TPSA) is 37.9 Å². The predicted octanol–water partition coefficient (Wildman–Crippen LogP) is 2.37. The van der Waals surface area contributed by atoms with Crippen molar-refractivity contribution in [2.45, 2.75) is 20.3 Å². The maximum absolute atomic E-state index is 5.04. The zero-order chi connectivity index (χ0) is 10.8. The van der Waals surface area contributed by atoms with Gasteiger partial charge in [-0.3, -0.25) is 0 Å². The summed E-state index contributed by atoms with van der Waals surface area (Å²) in [5, 5.41) is 0. The van der Waals surface area contributed by atoms with E-state index in [4.69, 9.17) is 4.74 Å². The molecule has 0 aliphatic heterocycles. The van der Waals surface area contributed by atoms with Gasteiger partial charge in [-0.15, -0.1) is 0 Å². The molecule has 0 spiro atoms. The maximum Gasteiger partial charge on any atom is 0.109 e. The normalized spacial score (nSPS) is 11.1. The third-order valence-electron chi connectivity index (χ3n) is 2.51. The van der Waals surface area contributed by atoms with Crippen LogP contribution in [0.15, 0.2) is 12.1 Å². The number of aryl methyl sites for hydroxylation is 2. The molecule has 0 fully saturated rings. The molecule has 0 radical (unpaired) electrons. The SMILES string of the molecule is COCCc1nc2c(C)cc(C)cc2[nH]1. The van der Waals surface area contributed by atoms with Gasteiger partial charge in [-0.25, -0.2) is 4.98 Å². The molecule has 3 heteroatoms. The molecule has 2 aromatic rings. The lowest BCUT2D eigenvalue weighted by atomic mass is 10.1. The molecule has 0 aliphatic carbocycles.